The molecule has 0 aromatic heterocycles. The minimum absolute atomic E-state index is 0.0141. The number of terminal acetylenes is 1. The summed E-state index contributed by atoms with van der Waals surface area (Å²) < 4.78 is 5.28. The van der Waals surface area contributed by atoms with Crippen molar-refractivity contribution in [1.29, 1.82) is 0 Å². The molecule has 102 valence electrons. The van der Waals surface area contributed by atoms with Crippen LogP contribution in [0.3, 0.4) is 0 Å². The van der Waals surface area contributed by atoms with E-state index in [1.165, 1.54) is 6.07 Å². The molecule has 0 atom stereocenters. The number of hydrogen-bond donors (Lipinski definition) is 1. The second kappa shape index (κ2) is 7.98. The molecule has 5 nitrogen and oxygen atoms in total. The summed E-state index contributed by atoms with van der Waals surface area (Å²) in [6.45, 7) is 2.97. The van der Waals surface area contributed by atoms with Crippen LogP contribution in [0.5, 0.6) is 5.75 Å². The van der Waals surface area contributed by atoms with Crippen LogP contribution < -0.4 is 10.1 Å². The van der Waals surface area contributed by atoms with Gasteiger partial charge in [0.15, 0.2) is 5.75 Å². The summed E-state index contributed by atoms with van der Waals surface area (Å²) in [5, 5.41) is 14.0. The van der Waals surface area contributed by atoms with Crippen LogP contribution in [0.25, 0.3) is 0 Å². The Kier molecular flexibility index (Phi) is 6.23. The van der Waals surface area contributed by atoms with Gasteiger partial charge in [-0.25, -0.2) is 0 Å². The third kappa shape index (κ3) is 4.88. The Morgan fingerprint density at radius 2 is 2.26 bits per heavy atom. The molecule has 0 aliphatic carbocycles. The lowest BCUT2D eigenvalue weighted by atomic mass is 10.2. The van der Waals surface area contributed by atoms with Crippen LogP contribution in [0.2, 0.25) is 0 Å². The lowest BCUT2D eigenvalue weighted by Gasteiger charge is -2.09. The van der Waals surface area contributed by atoms with Crippen LogP contribution in [0, 0.1) is 22.5 Å². The first kappa shape index (κ1) is 14.8. The number of benzene rings is 1. The molecule has 0 saturated carbocycles. The van der Waals surface area contributed by atoms with E-state index in [0.29, 0.717) is 12.4 Å². The fourth-order valence-electron chi connectivity index (χ4n) is 1.63. The highest BCUT2D eigenvalue weighted by atomic mass is 16.6. The van der Waals surface area contributed by atoms with Crippen molar-refractivity contribution in [2.24, 2.45) is 0 Å². The van der Waals surface area contributed by atoms with Crippen molar-refractivity contribution in [3.63, 3.8) is 0 Å². The Balaban J connectivity index is 2.62. The van der Waals surface area contributed by atoms with Gasteiger partial charge in [-0.3, -0.25) is 10.1 Å². The van der Waals surface area contributed by atoms with Crippen LogP contribution in [0.15, 0.2) is 18.2 Å². The molecule has 0 spiro atoms. The second-order valence-electron chi connectivity index (χ2n) is 3.96. The molecule has 1 N–H and O–H groups in total. The van der Waals surface area contributed by atoms with E-state index in [9.17, 15) is 10.1 Å². The highest BCUT2D eigenvalue weighted by Crippen LogP contribution is 2.30. The standard InChI is InChI=1S/C14H18N2O3/c1-3-5-6-7-10-15-12-8-9-13(16(17)18)14(11-12)19-4-2/h1,8-9,11,15H,4-7,10H2,2H3. The first-order valence-corrected chi connectivity index (χ1v) is 6.27. The number of anilines is 1. The Hall–Kier alpha value is -2.22. The van der Waals surface area contributed by atoms with Gasteiger partial charge >= 0.3 is 5.69 Å². The number of hydrogen-bond acceptors (Lipinski definition) is 4. The summed E-state index contributed by atoms with van der Waals surface area (Å²) in [5.41, 5.74) is 0.800. The van der Waals surface area contributed by atoms with E-state index < -0.39 is 4.92 Å². The fourth-order valence-corrected chi connectivity index (χ4v) is 1.63. The molecule has 0 amide bonds. The Bertz CT molecular complexity index is 466. The van der Waals surface area contributed by atoms with Gasteiger partial charge in [0.25, 0.3) is 0 Å². The average molecular weight is 262 g/mol. The summed E-state index contributed by atoms with van der Waals surface area (Å²) in [6.07, 6.45) is 7.87. The highest BCUT2D eigenvalue weighted by molar-refractivity contribution is 5.57. The maximum atomic E-state index is 10.8. The molecular weight excluding hydrogens is 244 g/mol. The second-order valence-corrected chi connectivity index (χ2v) is 3.96. The van der Waals surface area contributed by atoms with E-state index in [4.69, 9.17) is 11.2 Å². The van der Waals surface area contributed by atoms with E-state index in [1.54, 1.807) is 19.1 Å². The summed E-state index contributed by atoms with van der Waals surface area (Å²) in [6, 6.07) is 4.79. The first-order valence-electron chi connectivity index (χ1n) is 6.27. The van der Waals surface area contributed by atoms with Crippen molar-refractivity contribution in [3.05, 3.63) is 28.3 Å². The van der Waals surface area contributed by atoms with E-state index >= 15 is 0 Å². The first-order chi connectivity index (χ1) is 9.19. The molecule has 5 heteroatoms. The molecule has 0 radical (unpaired) electrons. The lowest BCUT2D eigenvalue weighted by molar-refractivity contribution is -0.385. The van der Waals surface area contributed by atoms with E-state index in [0.717, 1.165) is 31.5 Å². The van der Waals surface area contributed by atoms with Crippen molar-refractivity contribution in [2.75, 3.05) is 18.5 Å². The molecule has 0 unspecified atom stereocenters. The topological polar surface area (TPSA) is 64.4 Å². The number of rotatable bonds is 8. The van der Waals surface area contributed by atoms with Crippen molar-refractivity contribution in [1.82, 2.24) is 0 Å². The van der Waals surface area contributed by atoms with Crippen molar-refractivity contribution in [3.8, 4) is 18.1 Å². The van der Waals surface area contributed by atoms with Gasteiger partial charge < -0.3 is 10.1 Å². The van der Waals surface area contributed by atoms with Crippen molar-refractivity contribution >= 4 is 11.4 Å². The lowest BCUT2D eigenvalue weighted by Crippen LogP contribution is -2.03. The monoisotopic (exact) mass is 262 g/mol. The highest BCUT2D eigenvalue weighted by Gasteiger charge is 2.14. The molecule has 0 saturated heterocycles. The van der Waals surface area contributed by atoms with Crippen LogP contribution >= 0.6 is 0 Å². The summed E-state index contributed by atoms with van der Waals surface area (Å²) >= 11 is 0. The maximum Gasteiger partial charge on any atom is 0.311 e. The van der Waals surface area contributed by atoms with Crippen molar-refractivity contribution < 1.29 is 9.66 Å². The van der Waals surface area contributed by atoms with Gasteiger partial charge in [-0.05, 0) is 25.8 Å². The van der Waals surface area contributed by atoms with Crippen LogP contribution in [-0.2, 0) is 0 Å². The summed E-state index contributed by atoms with van der Waals surface area (Å²) in [7, 11) is 0. The van der Waals surface area contributed by atoms with Gasteiger partial charge in [0.1, 0.15) is 0 Å². The van der Waals surface area contributed by atoms with Gasteiger partial charge in [-0.2, -0.15) is 0 Å². The molecule has 0 heterocycles. The predicted molar refractivity (Wildman–Crippen MR) is 75.4 cm³/mol. The van der Waals surface area contributed by atoms with E-state index in [-0.39, 0.29) is 5.69 Å². The largest absolute Gasteiger partial charge is 0.487 e. The fraction of sp³-hybridized carbons (Fsp3) is 0.429. The molecule has 1 aromatic rings. The number of nitrogens with zero attached hydrogens (tertiary/aromatic N) is 1. The smallest absolute Gasteiger partial charge is 0.311 e. The number of nitro groups is 1. The Labute approximate surface area is 113 Å². The van der Waals surface area contributed by atoms with Gasteiger partial charge in [0, 0.05) is 30.8 Å². The molecule has 0 fully saturated rings. The summed E-state index contributed by atoms with van der Waals surface area (Å²) in [5.74, 6) is 2.88. The van der Waals surface area contributed by atoms with Gasteiger partial charge in [-0.1, -0.05) is 0 Å². The minimum Gasteiger partial charge on any atom is -0.487 e. The third-order valence-electron chi connectivity index (χ3n) is 2.53. The van der Waals surface area contributed by atoms with Crippen LogP contribution in [-0.4, -0.2) is 18.1 Å². The van der Waals surface area contributed by atoms with Crippen LogP contribution in [0.4, 0.5) is 11.4 Å². The third-order valence-corrected chi connectivity index (χ3v) is 2.53. The minimum atomic E-state index is -0.443. The predicted octanol–water partition coefficient (Wildman–Crippen LogP) is 3.21. The normalized spacial score (nSPS) is 9.68. The zero-order chi connectivity index (χ0) is 14.1. The van der Waals surface area contributed by atoms with E-state index in [2.05, 4.69) is 11.2 Å². The molecule has 19 heavy (non-hydrogen) atoms. The number of nitrogens with one attached hydrogen (secondary N) is 1. The maximum absolute atomic E-state index is 10.8. The Morgan fingerprint density at radius 1 is 1.47 bits per heavy atom. The molecule has 0 bridgehead atoms. The van der Waals surface area contributed by atoms with Crippen molar-refractivity contribution in [2.45, 2.75) is 26.2 Å². The van der Waals surface area contributed by atoms with Gasteiger partial charge in [0.05, 0.1) is 11.5 Å². The number of unbranched alkanes of at least 4 members (excludes halogenated alkanes) is 2. The van der Waals surface area contributed by atoms with E-state index in [1.807, 2.05) is 0 Å². The molecule has 0 aliphatic rings. The van der Waals surface area contributed by atoms with Gasteiger partial charge in [0.2, 0.25) is 0 Å². The molecular formula is C14H18N2O3. The number of ether oxygens (including phenoxy) is 1. The molecule has 1 rings (SSSR count). The molecule has 1 aromatic carbocycles. The SMILES string of the molecule is C#CCCCCNc1ccc([N+](=O)[O-])c(OCC)c1. The van der Waals surface area contributed by atoms with Crippen LogP contribution in [0.1, 0.15) is 26.2 Å². The van der Waals surface area contributed by atoms with Gasteiger partial charge in [-0.15, -0.1) is 12.3 Å². The number of nitro benzene ring substituents is 1. The Morgan fingerprint density at radius 3 is 2.89 bits per heavy atom. The quantitative estimate of drug-likeness (QED) is 0.338. The molecule has 0 aliphatic heterocycles. The zero-order valence-electron chi connectivity index (χ0n) is 11.0. The zero-order valence-corrected chi connectivity index (χ0v) is 11.0. The summed E-state index contributed by atoms with van der Waals surface area (Å²) in [4.78, 5) is 10.4. The average Bonchev–Trinajstić information content (AvgIpc) is 2.39.